The Morgan fingerprint density at radius 1 is 0.941 bits per heavy atom. The second-order valence-electron chi connectivity index (χ2n) is 8.20. The van der Waals surface area contributed by atoms with Crippen LogP contribution in [0.3, 0.4) is 0 Å². The van der Waals surface area contributed by atoms with E-state index < -0.39 is 11.6 Å². The minimum Gasteiger partial charge on any atom is -0.490 e. The number of nitrogens with zero attached hydrogens (tertiary/aromatic N) is 4. The first-order valence-electron chi connectivity index (χ1n) is 10.9. The van der Waals surface area contributed by atoms with Gasteiger partial charge in [-0.05, 0) is 42.5 Å². The van der Waals surface area contributed by atoms with Crippen LogP contribution in [0.5, 0.6) is 5.75 Å². The Morgan fingerprint density at radius 2 is 1.71 bits per heavy atom. The van der Waals surface area contributed by atoms with Gasteiger partial charge in [0.15, 0.2) is 23.2 Å². The van der Waals surface area contributed by atoms with E-state index in [-0.39, 0.29) is 11.4 Å². The SMILES string of the molecule is Nc1ncc(-c2cc(F)cc(F)c2)nc1NCc1cccc(-c2ncc(OCC3CC3)cn2)c1. The van der Waals surface area contributed by atoms with Crippen LogP contribution < -0.4 is 15.8 Å². The highest BCUT2D eigenvalue weighted by molar-refractivity contribution is 5.65. The normalized spacial score (nSPS) is 13.0. The summed E-state index contributed by atoms with van der Waals surface area (Å²) in [6.07, 6.45) is 7.21. The first-order chi connectivity index (χ1) is 16.5. The predicted molar refractivity (Wildman–Crippen MR) is 125 cm³/mol. The number of benzene rings is 2. The molecular weight excluding hydrogens is 438 g/mol. The van der Waals surface area contributed by atoms with Crippen LogP contribution in [-0.2, 0) is 6.54 Å². The van der Waals surface area contributed by atoms with Crippen LogP contribution in [0.15, 0.2) is 61.1 Å². The fourth-order valence-electron chi connectivity index (χ4n) is 3.41. The Labute approximate surface area is 195 Å². The molecular formula is C25H22F2N6O. The van der Waals surface area contributed by atoms with Crippen molar-refractivity contribution in [2.24, 2.45) is 5.92 Å². The number of nitrogen functional groups attached to an aromatic ring is 1. The molecule has 172 valence electrons. The molecule has 1 saturated carbocycles. The number of nitrogens with two attached hydrogens (primary N) is 1. The molecule has 0 amide bonds. The molecule has 9 heteroatoms. The summed E-state index contributed by atoms with van der Waals surface area (Å²) in [6, 6.07) is 10.9. The van der Waals surface area contributed by atoms with E-state index in [0.717, 1.165) is 17.2 Å². The van der Waals surface area contributed by atoms with Crippen molar-refractivity contribution in [1.29, 1.82) is 0 Å². The number of halogens is 2. The van der Waals surface area contributed by atoms with Gasteiger partial charge >= 0.3 is 0 Å². The summed E-state index contributed by atoms with van der Waals surface area (Å²) < 4.78 is 32.9. The molecule has 0 aliphatic heterocycles. The van der Waals surface area contributed by atoms with Gasteiger partial charge in [0.05, 0.1) is 30.9 Å². The summed E-state index contributed by atoms with van der Waals surface area (Å²) in [7, 11) is 0. The van der Waals surface area contributed by atoms with Crippen LogP contribution in [0.4, 0.5) is 20.4 Å². The quantitative estimate of drug-likeness (QED) is 0.387. The molecule has 1 aliphatic carbocycles. The lowest BCUT2D eigenvalue weighted by molar-refractivity contribution is 0.297. The summed E-state index contributed by atoms with van der Waals surface area (Å²) in [5, 5.41) is 3.14. The molecule has 5 rings (SSSR count). The summed E-state index contributed by atoms with van der Waals surface area (Å²) in [6.45, 7) is 1.11. The second kappa shape index (κ2) is 9.38. The first kappa shape index (κ1) is 21.7. The van der Waals surface area contributed by atoms with Gasteiger partial charge in [0, 0.05) is 23.7 Å². The molecule has 2 aromatic carbocycles. The molecule has 1 aliphatic rings. The minimum absolute atomic E-state index is 0.182. The van der Waals surface area contributed by atoms with Gasteiger partial charge in [0.1, 0.15) is 11.6 Å². The summed E-state index contributed by atoms with van der Waals surface area (Å²) >= 11 is 0. The molecule has 0 spiro atoms. The molecule has 0 radical (unpaired) electrons. The van der Waals surface area contributed by atoms with Crippen molar-refractivity contribution in [2.45, 2.75) is 19.4 Å². The van der Waals surface area contributed by atoms with Crippen molar-refractivity contribution in [3.05, 3.63) is 78.3 Å². The van der Waals surface area contributed by atoms with Gasteiger partial charge in [-0.2, -0.15) is 0 Å². The van der Waals surface area contributed by atoms with Crippen LogP contribution in [0, 0.1) is 17.6 Å². The molecule has 34 heavy (non-hydrogen) atoms. The number of ether oxygens (including phenoxy) is 1. The fourth-order valence-corrected chi connectivity index (χ4v) is 3.41. The van der Waals surface area contributed by atoms with Gasteiger partial charge in [-0.25, -0.2) is 28.7 Å². The molecule has 0 atom stereocenters. The van der Waals surface area contributed by atoms with Crippen molar-refractivity contribution in [1.82, 2.24) is 19.9 Å². The average Bonchev–Trinajstić information content (AvgIpc) is 3.67. The molecule has 4 aromatic rings. The number of aromatic nitrogens is 4. The van der Waals surface area contributed by atoms with Gasteiger partial charge in [-0.3, -0.25) is 0 Å². The Hall–Kier alpha value is -4.14. The molecule has 1 fully saturated rings. The maximum absolute atomic E-state index is 13.6. The third kappa shape index (κ3) is 5.25. The summed E-state index contributed by atoms with van der Waals surface area (Å²) in [4.78, 5) is 17.3. The van der Waals surface area contributed by atoms with E-state index in [0.29, 0.717) is 42.2 Å². The van der Waals surface area contributed by atoms with Crippen LogP contribution in [0.2, 0.25) is 0 Å². The highest BCUT2D eigenvalue weighted by Gasteiger charge is 2.22. The third-order valence-corrected chi connectivity index (χ3v) is 5.42. The van der Waals surface area contributed by atoms with Gasteiger partial charge in [0.2, 0.25) is 0 Å². The fraction of sp³-hybridized carbons (Fsp3) is 0.200. The highest BCUT2D eigenvalue weighted by Crippen LogP contribution is 2.29. The number of hydrogen-bond acceptors (Lipinski definition) is 7. The van der Waals surface area contributed by atoms with Crippen LogP contribution in [0.1, 0.15) is 18.4 Å². The lowest BCUT2D eigenvalue weighted by Crippen LogP contribution is -2.07. The Morgan fingerprint density at radius 3 is 2.44 bits per heavy atom. The Bertz CT molecular complexity index is 1290. The van der Waals surface area contributed by atoms with Crippen molar-refractivity contribution in [3.63, 3.8) is 0 Å². The standard InChI is InChI=1S/C25H22F2N6O/c26-19-7-18(8-20(27)9-19)22-13-29-23(28)25(33-22)30-10-16-2-1-3-17(6-16)24-31-11-21(12-32-24)34-14-15-4-5-15/h1-3,6-9,11-13,15H,4-5,10,14H2,(H2,28,29)(H,30,33). The molecule has 0 saturated heterocycles. The number of hydrogen-bond donors (Lipinski definition) is 2. The van der Waals surface area contributed by atoms with Gasteiger partial charge in [-0.15, -0.1) is 0 Å². The van der Waals surface area contributed by atoms with E-state index in [1.54, 1.807) is 12.4 Å². The molecule has 3 N–H and O–H groups in total. The second-order valence-corrected chi connectivity index (χ2v) is 8.20. The summed E-state index contributed by atoms with van der Waals surface area (Å²) in [5.74, 6) is 1.05. The molecule has 7 nitrogen and oxygen atoms in total. The van der Waals surface area contributed by atoms with Crippen LogP contribution in [-0.4, -0.2) is 26.5 Å². The zero-order valence-electron chi connectivity index (χ0n) is 18.2. The van der Waals surface area contributed by atoms with E-state index in [9.17, 15) is 8.78 Å². The lowest BCUT2D eigenvalue weighted by atomic mass is 10.1. The molecule has 2 aromatic heterocycles. The number of rotatable bonds is 8. The monoisotopic (exact) mass is 460 g/mol. The zero-order valence-corrected chi connectivity index (χ0v) is 18.2. The van der Waals surface area contributed by atoms with Crippen molar-refractivity contribution in [2.75, 3.05) is 17.7 Å². The summed E-state index contributed by atoms with van der Waals surface area (Å²) in [5.41, 5.74) is 8.34. The average molecular weight is 460 g/mol. The van der Waals surface area contributed by atoms with Crippen molar-refractivity contribution in [3.8, 4) is 28.4 Å². The van der Waals surface area contributed by atoms with E-state index in [1.807, 2.05) is 24.3 Å². The largest absolute Gasteiger partial charge is 0.490 e. The van der Waals surface area contributed by atoms with Gasteiger partial charge in [-0.1, -0.05) is 18.2 Å². The van der Waals surface area contributed by atoms with E-state index >= 15 is 0 Å². The molecule has 2 heterocycles. The van der Waals surface area contributed by atoms with Crippen LogP contribution in [0.25, 0.3) is 22.6 Å². The first-order valence-corrected chi connectivity index (χ1v) is 10.9. The molecule has 0 unspecified atom stereocenters. The van der Waals surface area contributed by atoms with Gasteiger partial charge < -0.3 is 15.8 Å². The van der Waals surface area contributed by atoms with E-state index in [1.165, 1.54) is 31.2 Å². The predicted octanol–water partition coefficient (Wildman–Crippen LogP) is 4.86. The molecule has 0 bridgehead atoms. The van der Waals surface area contributed by atoms with Gasteiger partial charge in [0.25, 0.3) is 0 Å². The maximum Gasteiger partial charge on any atom is 0.169 e. The Balaban J connectivity index is 1.28. The van der Waals surface area contributed by atoms with Crippen LogP contribution >= 0.6 is 0 Å². The van der Waals surface area contributed by atoms with Crippen molar-refractivity contribution >= 4 is 11.6 Å². The smallest absolute Gasteiger partial charge is 0.169 e. The topological polar surface area (TPSA) is 98.8 Å². The van der Waals surface area contributed by atoms with Crippen molar-refractivity contribution < 1.29 is 13.5 Å². The maximum atomic E-state index is 13.6. The van der Waals surface area contributed by atoms with E-state index in [2.05, 4.69) is 25.3 Å². The number of nitrogens with one attached hydrogen (secondary N) is 1. The zero-order chi connectivity index (χ0) is 23.5. The van der Waals surface area contributed by atoms with E-state index in [4.69, 9.17) is 10.5 Å². The highest BCUT2D eigenvalue weighted by atomic mass is 19.1. The lowest BCUT2D eigenvalue weighted by Gasteiger charge is -2.11. The Kier molecular flexibility index (Phi) is 5.99. The third-order valence-electron chi connectivity index (χ3n) is 5.42. The number of anilines is 2. The minimum atomic E-state index is -0.690.